The van der Waals surface area contributed by atoms with Crippen molar-refractivity contribution in [3.05, 3.63) is 118 Å². The summed E-state index contributed by atoms with van der Waals surface area (Å²) in [6.45, 7) is 13.1. The number of piperidine rings is 1. The first-order valence-corrected chi connectivity index (χ1v) is 29.3. The van der Waals surface area contributed by atoms with Gasteiger partial charge >= 0.3 is 12.1 Å². The number of nitro groups is 1. The number of aliphatic hydroxyl groups excluding tert-OH is 1. The lowest BCUT2D eigenvalue weighted by atomic mass is 9.78. The van der Waals surface area contributed by atoms with Crippen LogP contribution in [0.3, 0.4) is 0 Å². The van der Waals surface area contributed by atoms with Crippen molar-refractivity contribution >= 4 is 41.1 Å². The molecule has 448 valence electrons. The fraction of sp³-hybridized carbons (Fsp3) is 0.594. The zero-order chi connectivity index (χ0) is 59.7. The van der Waals surface area contributed by atoms with Crippen LogP contribution >= 0.6 is 0 Å². The van der Waals surface area contributed by atoms with Gasteiger partial charge in [0.1, 0.15) is 35.6 Å². The van der Waals surface area contributed by atoms with Gasteiger partial charge in [-0.1, -0.05) is 101 Å². The molecule has 2 aromatic rings. The minimum Gasteiger partial charge on any atom is -0.460 e. The highest BCUT2D eigenvalue weighted by Crippen LogP contribution is 2.38. The Morgan fingerprint density at radius 1 is 0.854 bits per heavy atom. The van der Waals surface area contributed by atoms with E-state index in [0.717, 1.165) is 11.1 Å². The van der Waals surface area contributed by atoms with E-state index in [2.05, 4.69) is 0 Å². The number of ketones is 3. The molecule has 0 aromatic heterocycles. The summed E-state index contributed by atoms with van der Waals surface area (Å²) < 4.78 is 36.0. The van der Waals surface area contributed by atoms with Crippen molar-refractivity contribution in [2.75, 3.05) is 20.3 Å². The second-order valence-electron chi connectivity index (χ2n) is 23.3. The lowest BCUT2D eigenvalue weighted by molar-refractivity contribution is -0.384. The Kier molecular flexibility index (Phi) is 24.5. The van der Waals surface area contributed by atoms with Crippen molar-refractivity contribution in [2.24, 2.45) is 35.5 Å². The van der Waals surface area contributed by atoms with Crippen LogP contribution in [0.5, 0.6) is 5.75 Å². The molecule has 18 nitrogen and oxygen atoms in total. The third-order valence-corrected chi connectivity index (χ3v) is 16.9. The Balaban J connectivity index is 1.24. The van der Waals surface area contributed by atoms with Crippen LogP contribution in [-0.2, 0) is 54.1 Å². The van der Waals surface area contributed by atoms with Crippen LogP contribution in [0.15, 0.2) is 102 Å². The number of hydrogen-bond acceptors (Lipinski definition) is 16. The molecule has 1 saturated carbocycles. The van der Waals surface area contributed by atoms with Crippen molar-refractivity contribution in [2.45, 2.75) is 187 Å². The number of esters is 1. The van der Waals surface area contributed by atoms with E-state index in [0.29, 0.717) is 76.4 Å². The molecule has 14 atom stereocenters. The summed E-state index contributed by atoms with van der Waals surface area (Å²) in [7, 11) is 1.50. The highest BCUT2D eigenvalue weighted by molar-refractivity contribution is 6.39. The smallest absolute Gasteiger partial charge is 0.460 e. The number of hydrogen-bond donors (Lipinski definition) is 2. The number of allylic oxidation sites excluding steroid dienone is 6. The predicted molar refractivity (Wildman–Crippen MR) is 306 cm³/mol. The number of carbonyl (C=O) groups excluding carboxylic acids is 6. The van der Waals surface area contributed by atoms with E-state index in [1.807, 2.05) is 88.4 Å². The van der Waals surface area contributed by atoms with E-state index in [9.17, 15) is 49.1 Å². The van der Waals surface area contributed by atoms with Crippen molar-refractivity contribution in [1.29, 1.82) is 0 Å². The van der Waals surface area contributed by atoms with Crippen LogP contribution in [0.1, 0.15) is 138 Å². The molecule has 1 unspecified atom stereocenters. The summed E-state index contributed by atoms with van der Waals surface area (Å²) in [6, 6.07) is 13.7. The van der Waals surface area contributed by atoms with Crippen LogP contribution in [0, 0.1) is 45.6 Å². The number of cyclic esters (lactones) is 1. The van der Waals surface area contributed by atoms with Gasteiger partial charge < -0.3 is 43.5 Å². The molecule has 3 fully saturated rings. The largest absolute Gasteiger partial charge is 0.514 e. The number of benzene rings is 2. The topological polar surface area (TPSA) is 245 Å². The number of aliphatic hydroxyl groups is 2. The van der Waals surface area contributed by atoms with Gasteiger partial charge in [0.05, 0.1) is 35.9 Å². The summed E-state index contributed by atoms with van der Waals surface area (Å²) >= 11 is 0. The third kappa shape index (κ3) is 18.4. The number of fused-ring (bicyclic) bond motifs is 3. The molecule has 3 heterocycles. The van der Waals surface area contributed by atoms with E-state index < -0.39 is 94.9 Å². The van der Waals surface area contributed by atoms with Crippen molar-refractivity contribution < 1.29 is 72.3 Å². The van der Waals surface area contributed by atoms with E-state index in [4.69, 9.17) is 28.4 Å². The first-order chi connectivity index (χ1) is 39.1. The summed E-state index contributed by atoms with van der Waals surface area (Å²) in [6.07, 6.45) is 10.8. The number of nitro benzene ring substituents is 1. The lowest BCUT2D eigenvalue weighted by Gasteiger charge is -2.43. The minimum atomic E-state index is -2.50. The van der Waals surface area contributed by atoms with E-state index in [1.54, 1.807) is 26.8 Å². The molecule has 82 heavy (non-hydrogen) atoms. The van der Waals surface area contributed by atoms with Crippen LogP contribution in [0.25, 0.3) is 0 Å². The highest BCUT2D eigenvalue weighted by Gasteiger charge is 2.53. The number of methoxy groups -OCH3 is 1. The number of amides is 1. The second-order valence-corrected chi connectivity index (χ2v) is 23.3. The fourth-order valence-electron chi connectivity index (χ4n) is 11.7. The van der Waals surface area contributed by atoms with Crippen LogP contribution in [-0.4, -0.2) is 124 Å². The number of non-ortho nitro benzene ring substituents is 1. The molecule has 4 aliphatic rings. The summed E-state index contributed by atoms with van der Waals surface area (Å²) in [5.41, 5.74) is 2.26. The Bertz CT molecular complexity index is 2630. The van der Waals surface area contributed by atoms with E-state index >= 15 is 0 Å². The Labute approximate surface area is 482 Å². The van der Waals surface area contributed by atoms with Gasteiger partial charge in [-0.3, -0.25) is 29.3 Å². The highest BCUT2D eigenvalue weighted by atomic mass is 16.7. The molecule has 2 N–H and O–H groups in total. The molecule has 1 aliphatic carbocycles. The average Bonchev–Trinajstić information content (AvgIpc) is 3.63. The standard InChI is InChI=1S/C64H86N2O16/c1-40-17-11-9-12-18-41(2)57(78-32-30-47-19-13-10-14-20-47)37-51-26-22-46(7)64(74,82-51)60(70)61(71)65-31-16-15-21-52(65)62(72)80-58(39-55(69)44(5)34-43(4)54(68)38-53(67)42(3)33-40)45(6)35-48-23-29-56(59(36-48)77-8)81-63(73)79-50-27-24-49(25-28-50)66(75)76/h9-14,17-20,24-25,27-28,34,40,42,44-46,48,51-52,54,56-59,68,74H,15-16,21-23,26,29-33,35-39H2,1-8H3/b12-9+,17-11+,41-18+,43-34+/t40-,42-,44-,45-,46-,48+,51+,52+,54+,56-,57?,58+,59-,64-/m1/s1. The van der Waals surface area contributed by atoms with Gasteiger partial charge in [-0.2, -0.15) is 0 Å². The Morgan fingerprint density at radius 2 is 1.59 bits per heavy atom. The molecule has 2 bridgehead atoms. The van der Waals surface area contributed by atoms with Crippen LogP contribution < -0.4 is 4.74 Å². The molecule has 1 amide bonds. The summed E-state index contributed by atoms with van der Waals surface area (Å²) in [5, 5.41) is 34.6. The second kappa shape index (κ2) is 30.9. The Hall–Kier alpha value is -6.18. The summed E-state index contributed by atoms with van der Waals surface area (Å²) in [4.78, 5) is 96.2. The van der Waals surface area contributed by atoms with Gasteiger partial charge in [-0.15, -0.1) is 0 Å². The molecular weight excluding hydrogens is 1050 g/mol. The molecule has 6 rings (SSSR count). The van der Waals surface area contributed by atoms with Crippen LogP contribution in [0.4, 0.5) is 10.5 Å². The van der Waals surface area contributed by atoms with Crippen molar-refractivity contribution in [3.63, 3.8) is 0 Å². The maximum absolute atomic E-state index is 14.7. The maximum atomic E-state index is 14.7. The lowest BCUT2D eigenvalue weighted by Crippen LogP contribution is -2.61. The molecular formula is C64H86N2O16. The van der Waals surface area contributed by atoms with E-state index in [1.165, 1.54) is 36.3 Å². The number of ether oxygens (including phenoxy) is 6. The number of nitrogens with zero attached hydrogens (tertiary/aromatic N) is 2. The summed E-state index contributed by atoms with van der Waals surface area (Å²) in [5.74, 6) is -8.22. The van der Waals surface area contributed by atoms with E-state index in [-0.39, 0.29) is 73.0 Å². The van der Waals surface area contributed by atoms with Gasteiger partial charge in [0.15, 0.2) is 0 Å². The maximum Gasteiger partial charge on any atom is 0.514 e. The van der Waals surface area contributed by atoms with Crippen molar-refractivity contribution in [1.82, 2.24) is 4.90 Å². The first-order valence-electron chi connectivity index (χ1n) is 29.3. The predicted octanol–water partition coefficient (Wildman–Crippen LogP) is 10.3. The van der Waals surface area contributed by atoms with Crippen LogP contribution in [0.2, 0.25) is 0 Å². The zero-order valence-corrected chi connectivity index (χ0v) is 49.0. The SMILES string of the molecule is CO[C@@H]1C[C@H](C[C@@H](C)[C@@H]2CC(=O)[C@H](C)/C=C(\C)[C@@H](O)CC(=O)[C@H](C)C[C@H](C)/C=C/C=C/C=C(\C)C(OCCc3ccccc3)C[C@@H]3CC[C@@H](C)[C@@](O)(O3)C(=O)C(=O)N3CCCC[C@H]3C(=O)O2)CC[C@H]1OC(=O)Oc1ccc([N+](=O)[O-])cc1. The minimum absolute atomic E-state index is 0.0358. The number of carbonyl (C=O) groups is 6. The number of Topliss-reactive ketones (excluding diaryl/α,β-unsaturated/α-hetero) is 3. The van der Waals surface area contributed by atoms with Gasteiger partial charge in [-0.05, 0) is 131 Å². The quantitative estimate of drug-likeness (QED) is 0.0530. The normalized spacial score (nSPS) is 33.3. The zero-order valence-electron chi connectivity index (χ0n) is 49.0. The average molecular weight is 1140 g/mol. The molecule has 18 heteroatoms. The first kappa shape index (κ1) is 65.0. The van der Waals surface area contributed by atoms with Gasteiger partial charge in [0.25, 0.3) is 17.4 Å². The van der Waals surface area contributed by atoms with Gasteiger partial charge in [-0.25, -0.2) is 9.59 Å². The van der Waals surface area contributed by atoms with Gasteiger partial charge in [0, 0.05) is 62.8 Å². The number of rotatable bonds is 11. The molecule has 0 radical (unpaired) electrons. The monoisotopic (exact) mass is 1140 g/mol. The molecule has 3 aliphatic heterocycles. The molecule has 0 spiro atoms. The molecule has 2 saturated heterocycles. The van der Waals surface area contributed by atoms with Crippen molar-refractivity contribution in [3.8, 4) is 5.75 Å². The van der Waals surface area contributed by atoms with Gasteiger partial charge in [0.2, 0.25) is 5.79 Å². The fourth-order valence-corrected chi connectivity index (χ4v) is 11.7. The Morgan fingerprint density at radius 3 is 2.29 bits per heavy atom. The molecule has 2 aromatic carbocycles. The third-order valence-electron chi connectivity index (χ3n) is 16.9.